The third-order valence-electron chi connectivity index (χ3n) is 3.86. The third kappa shape index (κ3) is 8.02. The average molecular weight is 261 g/mol. The lowest BCUT2D eigenvalue weighted by atomic mass is 10.00. The minimum absolute atomic E-state index is 0.719. The van der Waals surface area contributed by atoms with E-state index in [4.69, 9.17) is 4.99 Å². The number of hydrogen-bond acceptors (Lipinski definition) is 1. The predicted molar refractivity (Wildman–Crippen MR) is 87.0 cm³/mol. The van der Waals surface area contributed by atoms with E-state index in [-0.39, 0.29) is 0 Å². The van der Waals surface area contributed by atoms with Crippen LogP contribution in [0.4, 0.5) is 0 Å². The van der Waals surface area contributed by atoms with Gasteiger partial charge in [0, 0.05) is 12.3 Å². The molecule has 1 atom stereocenters. The molecule has 0 fully saturated rings. The maximum absolute atomic E-state index is 4.82. The molecule has 0 spiro atoms. The van der Waals surface area contributed by atoms with Gasteiger partial charge in [0.1, 0.15) is 0 Å². The fraction of sp³-hybridized carbons (Fsp3) is 0.722. The monoisotopic (exact) mass is 261 g/mol. The highest BCUT2D eigenvalue weighted by atomic mass is 14.7. The van der Waals surface area contributed by atoms with Crippen molar-refractivity contribution < 1.29 is 0 Å². The molecule has 108 valence electrons. The Hall–Kier alpha value is -0.850. The number of hydrogen-bond donors (Lipinski definition) is 0. The molecule has 0 saturated carbocycles. The van der Waals surface area contributed by atoms with Gasteiger partial charge >= 0.3 is 0 Å². The van der Waals surface area contributed by atoms with Crippen LogP contribution in [0.25, 0.3) is 0 Å². The molecule has 0 amide bonds. The van der Waals surface area contributed by atoms with Crippen molar-refractivity contribution in [1.82, 2.24) is 0 Å². The van der Waals surface area contributed by atoms with Crippen molar-refractivity contribution in [3.63, 3.8) is 0 Å². The molecule has 0 N–H and O–H groups in total. The van der Waals surface area contributed by atoms with Gasteiger partial charge < -0.3 is 0 Å². The van der Waals surface area contributed by atoms with Crippen LogP contribution in [0.2, 0.25) is 0 Å². The molecule has 0 saturated heterocycles. The highest BCUT2D eigenvalue weighted by molar-refractivity contribution is 5.94. The summed E-state index contributed by atoms with van der Waals surface area (Å²) in [5.41, 5.74) is 2.89. The summed E-state index contributed by atoms with van der Waals surface area (Å²) in [5.74, 6) is 0.719. The van der Waals surface area contributed by atoms with E-state index in [0.717, 1.165) is 18.9 Å². The average Bonchev–Trinajstić information content (AvgIpc) is 2.39. The molecule has 0 bridgehead atoms. The molecule has 1 heteroatoms. The van der Waals surface area contributed by atoms with Crippen molar-refractivity contribution in [1.29, 1.82) is 0 Å². The van der Waals surface area contributed by atoms with Gasteiger partial charge in [-0.25, -0.2) is 0 Å². The Balaban J connectivity index is 2.56. The predicted octanol–water partition coefficient (Wildman–Crippen LogP) is 5.72. The summed E-state index contributed by atoms with van der Waals surface area (Å²) in [6.07, 6.45) is 17.0. The topological polar surface area (TPSA) is 12.4 Å². The molecule has 1 unspecified atom stereocenters. The number of nitrogens with zero attached hydrogens (tertiary/aromatic N) is 1. The van der Waals surface area contributed by atoms with Crippen molar-refractivity contribution in [2.45, 2.75) is 72.1 Å². The normalized spacial score (nSPS) is 27.4. The van der Waals surface area contributed by atoms with Crippen molar-refractivity contribution >= 4 is 5.71 Å². The summed E-state index contributed by atoms with van der Waals surface area (Å²) < 4.78 is 0. The quantitative estimate of drug-likeness (QED) is 0.535. The standard InChI is InChI=1S/C18H31N/c1-4-10-18-14-8-6-5-7-11-16(2)12-9-13-17(3)15-19-18/h4,10-11,17H,5-9,12-15H2,1-3H3/b10-4+,16-11-,19-18?. The highest BCUT2D eigenvalue weighted by Gasteiger charge is 2.03. The maximum atomic E-state index is 4.82. The van der Waals surface area contributed by atoms with Gasteiger partial charge in [-0.1, -0.05) is 31.1 Å². The molecule has 19 heavy (non-hydrogen) atoms. The zero-order valence-electron chi connectivity index (χ0n) is 13.1. The summed E-state index contributed by atoms with van der Waals surface area (Å²) in [6.45, 7) is 7.72. The van der Waals surface area contributed by atoms with Crippen molar-refractivity contribution in [3.8, 4) is 0 Å². The fourth-order valence-electron chi connectivity index (χ4n) is 2.58. The van der Waals surface area contributed by atoms with Crippen LogP contribution in [0.15, 0.2) is 28.8 Å². The lowest BCUT2D eigenvalue weighted by Crippen LogP contribution is -2.04. The van der Waals surface area contributed by atoms with Crippen molar-refractivity contribution in [3.05, 3.63) is 23.8 Å². The Morgan fingerprint density at radius 2 is 2.00 bits per heavy atom. The van der Waals surface area contributed by atoms with E-state index in [1.54, 1.807) is 5.57 Å². The summed E-state index contributed by atoms with van der Waals surface area (Å²) in [6, 6.07) is 0. The molecule has 0 aromatic carbocycles. The van der Waals surface area contributed by atoms with E-state index in [2.05, 4.69) is 39.0 Å². The minimum Gasteiger partial charge on any atom is -0.290 e. The van der Waals surface area contributed by atoms with Crippen LogP contribution in [0.3, 0.4) is 0 Å². The van der Waals surface area contributed by atoms with E-state index in [0.29, 0.717) is 0 Å². The van der Waals surface area contributed by atoms with Crippen LogP contribution in [-0.2, 0) is 0 Å². The second-order valence-electron chi connectivity index (χ2n) is 5.98. The van der Waals surface area contributed by atoms with E-state index < -0.39 is 0 Å². The lowest BCUT2D eigenvalue weighted by molar-refractivity contribution is 0.519. The van der Waals surface area contributed by atoms with Gasteiger partial charge in [-0.3, -0.25) is 4.99 Å². The molecular weight excluding hydrogens is 230 g/mol. The lowest BCUT2D eigenvalue weighted by Gasteiger charge is -2.11. The first kappa shape index (κ1) is 16.2. The number of aliphatic imine (C=N–C) groups is 1. The Labute approximate surface area is 119 Å². The molecule has 0 radical (unpaired) electrons. The van der Waals surface area contributed by atoms with Crippen LogP contribution in [0, 0.1) is 5.92 Å². The first-order chi connectivity index (χ1) is 9.22. The van der Waals surface area contributed by atoms with E-state index >= 15 is 0 Å². The second-order valence-corrected chi connectivity index (χ2v) is 5.98. The smallest absolute Gasteiger partial charge is 0.0418 e. The summed E-state index contributed by atoms with van der Waals surface area (Å²) in [7, 11) is 0. The minimum atomic E-state index is 0.719. The zero-order valence-corrected chi connectivity index (χ0v) is 13.1. The molecule has 0 aromatic rings. The summed E-state index contributed by atoms with van der Waals surface area (Å²) in [4.78, 5) is 4.82. The molecule has 0 aromatic heterocycles. The molecule has 1 heterocycles. The van der Waals surface area contributed by atoms with Crippen LogP contribution >= 0.6 is 0 Å². The molecule has 1 aliphatic heterocycles. The van der Waals surface area contributed by atoms with Gasteiger partial charge in [0.2, 0.25) is 0 Å². The fourth-order valence-corrected chi connectivity index (χ4v) is 2.58. The largest absolute Gasteiger partial charge is 0.290 e. The molecular formula is C18H31N. The van der Waals surface area contributed by atoms with Gasteiger partial charge in [-0.2, -0.15) is 0 Å². The van der Waals surface area contributed by atoms with Gasteiger partial charge in [0.15, 0.2) is 0 Å². The summed E-state index contributed by atoms with van der Waals surface area (Å²) in [5, 5.41) is 0. The van der Waals surface area contributed by atoms with E-state index in [9.17, 15) is 0 Å². The molecule has 1 nitrogen and oxygen atoms in total. The molecule has 0 aliphatic carbocycles. The van der Waals surface area contributed by atoms with Gasteiger partial charge in [0.05, 0.1) is 0 Å². The molecule has 1 aliphatic rings. The Kier molecular flexibility index (Phi) is 8.53. The zero-order chi connectivity index (χ0) is 13.9. The van der Waals surface area contributed by atoms with Gasteiger partial charge in [-0.05, 0) is 70.8 Å². The van der Waals surface area contributed by atoms with Gasteiger partial charge in [-0.15, -0.1) is 0 Å². The maximum Gasteiger partial charge on any atom is 0.0418 e. The van der Waals surface area contributed by atoms with Crippen molar-refractivity contribution in [2.75, 3.05) is 6.54 Å². The third-order valence-corrected chi connectivity index (χ3v) is 3.86. The van der Waals surface area contributed by atoms with Crippen LogP contribution in [0.1, 0.15) is 72.1 Å². The molecule has 1 rings (SSSR count). The Morgan fingerprint density at radius 3 is 2.79 bits per heavy atom. The van der Waals surface area contributed by atoms with Crippen LogP contribution in [0.5, 0.6) is 0 Å². The van der Waals surface area contributed by atoms with Gasteiger partial charge in [0.25, 0.3) is 0 Å². The second kappa shape index (κ2) is 10.00. The Morgan fingerprint density at radius 1 is 1.16 bits per heavy atom. The van der Waals surface area contributed by atoms with E-state index in [1.165, 1.54) is 50.7 Å². The van der Waals surface area contributed by atoms with E-state index in [1.807, 2.05) is 0 Å². The Bertz CT molecular complexity index is 323. The van der Waals surface area contributed by atoms with Crippen LogP contribution < -0.4 is 0 Å². The number of allylic oxidation sites excluding steroid dienone is 4. The first-order valence-electron chi connectivity index (χ1n) is 8.04. The SMILES string of the molecule is C/C=C/C1=NCC(C)CCC/C(C)=C\CCCCC1. The summed E-state index contributed by atoms with van der Waals surface area (Å²) >= 11 is 0. The van der Waals surface area contributed by atoms with Crippen molar-refractivity contribution in [2.24, 2.45) is 10.9 Å². The highest BCUT2D eigenvalue weighted by Crippen LogP contribution is 2.16. The number of rotatable bonds is 1. The van der Waals surface area contributed by atoms with Crippen LogP contribution in [-0.4, -0.2) is 12.3 Å². The first-order valence-corrected chi connectivity index (χ1v) is 8.04.